The summed E-state index contributed by atoms with van der Waals surface area (Å²) < 4.78 is 4.01. The maximum atomic E-state index is 5.11. The molecule has 0 radical (unpaired) electrons. The van der Waals surface area contributed by atoms with Crippen molar-refractivity contribution < 1.29 is 0 Å². The molecule has 152 valence electrons. The zero-order valence-electron chi connectivity index (χ0n) is 17.7. The van der Waals surface area contributed by atoms with Crippen LogP contribution < -0.4 is 0 Å². The Hall–Kier alpha value is -3.92. The first kappa shape index (κ1) is 19.1. The maximum Gasteiger partial charge on any atom is 0.119 e. The van der Waals surface area contributed by atoms with Crippen LogP contribution in [0.4, 0.5) is 0 Å². The monoisotopic (exact) mass is 404 g/mol. The number of nitrogens with zero attached hydrogens (tertiary/aromatic N) is 4. The molecule has 0 spiro atoms. The largest absolute Gasteiger partial charge is 0.236 e. The number of para-hydroxylation sites is 1. The van der Waals surface area contributed by atoms with E-state index in [1.807, 2.05) is 58.0 Å². The zero-order chi connectivity index (χ0) is 21.2. The summed E-state index contributed by atoms with van der Waals surface area (Å²) in [7, 11) is 0. The minimum Gasteiger partial charge on any atom is -0.236 e. The number of hydrogen-bond donors (Lipinski definition) is 0. The Kier molecular flexibility index (Phi) is 4.97. The second-order valence-corrected chi connectivity index (χ2v) is 7.90. The van der Waals surface area contributed by atoms with Crippen molar-refractivity contribution in [1.82, 2.24) is 19.6 Å². The lowest BCUT2D eigenvalue weighted by atomic mass is 10.1. The summed E-state index contributed by atoms with van der Waals surface area (Å²) in [6.45, 7) is 4.37. The van der Waals surface area contributed by atoms with Crippen LogP contribution in [-0.2, 0) is 0 Å². The molecule has 0 aliphatic rings. The fourth-order valence-electron chi connectivity index (χ4n) is 3.79. The van der Waals surface area contributed by atoms with E-state index in [4.69, 9.17) is 10.2 Å². The summed E-state index contributed by atoms with van der Waals surface area (Å²) in [5, 5.41) is 9.86. The predicted octanol–water partition coefficient (Wildman–Crippen LogP) is 6.52. The van der Waals surface area contributed by atoms with Crippen molar-refractivity contribution in [2.24, 2.45) is 0 Å². The molecular formula is C27H24N4. The van der Waals surface area contributed by atoms with E-state index in [1.165, 1.54) is 5.56 Å². The van der Waals surface area contributed by atoms with Crippen LogP contribution in [0.1, 0.15) is 25.3 Å². The van der Waals surface area contributed by atoms with Gasteiger partial charge in [0.05, 0.1) is 11.9 Å². The first-order valence-electron chi connectivity index (χ1n) is 10.6. The summed E-state index contributed by atoms with van der Waals surface area (Å²) >= 11 is 0. The van der Waals surface area contributed by atoms with E-state index in [-0.39, 0.29) is 0 Å². The molecule has 5 aromatic rings. The molecule has 0 aliphatic carbocycles. The second kappa shape index (κ2) is 8.07. The Balaban J connectivity index is 1.86. The lowest BCUT2D eigenvalue weighted by molar-refractivity contribution is 0.858. The van der Waals surface area contributed by atoms with Gasteiger partial charge < -0.3 is 0 Å². The van der Waals surface area contributed by atoms with Crippen molar-refractivity contribution in [2.75, 3.05) is 0 Å². The van der Waals surface area contributed by atoms with Gasteiger partial charge in [-0.3, -0.25) is 0 Å². The van der Waals surface area contributed by atoms with Gasteiger partial charge in [-0.05, 0) is 23.6 Å². The molecule has 0 bridgehead atoms. The fourth-order valence-corrected chi connectivity index (χ4v) is 3.79. The van der Waals surface area contributed by atoms with Crippen LogP contribution in [-0.4, -0.2) is 19.6 Å². The minimum absolute atomic E-state index is 0.401. The molecule has 0 saturated carbocycles. The van der Waals surface area contributed by atoms with E-state index in [2.05, 4.69) is 68.6 Å². The average molecular weight is 405 g/mol. The van der Waals surface area contributed by atoms with Crippen LogP contribution in [0, 0.1) is 0 Å². The van der Waals surface area contributed by atoms with E-state index in [0.29, 0.717) is 5.92 Å². The third-order valence-corrected chi connectivity index (χ3v) is 5.45. The summed E-state index contributed by atoms with van der Waals surface area (Å²) in [4.78, 5) is 0. The molecule has 0 unspecified atom stereocenters. The molecule has 0 N–H and O–H groups in total. The van der Waals surface area contributed by atoms with Crippen molar-refractivity contribution >= 4 is 0 Å². The average Bonchev–Trinajstić information content (AvgIpc) is 3.46. The Morgan fingerprint density at radius 3 is 1.87 bits per heavy atom. The molecule has 0 saturated heterocycles. The lowest BCUT2D eigenvalue weighted by Crippen LogP contribution is -2.01. The van der Waals surface area contributed by atoms with Crippen LogP contribution in [0.15, 0.2) is 103 Å². The van der Waals surface area contributed by atoms with E-state index in [1.54, 1.807) is 0 Å². The molecule has 2 heterocycles. The molecule has 3 aromatic carbocycles. The summed E-state index contributed by atoms with van der Waals surface area (Å²) in [5.41, 5.74) is 7.27. The van der Waals surface area contributed by atoms with Gasteiger partial charge in [0.25, 0.3) is 0 Å². The molecule has 5 rings (SSSR count). The molecule has 31 heavy (non-hydrogen) atoms. The molecule has 0 amide bonds. The molecule has 0 aliphatic heterocycles. The molecule has 4 heteroatoms. The maximum absolute atomic E-state index is 5.11. The lowest BCUT2D eigenvalue weighted by Gasteiger charge is -2.10. The summed E-state index contributed by atoms with van der Waals surface area (Å²) in [6, 6.07) is 31.0. The standard InChI is InChI=1S/C27H24N4/c1-20(2)23-18-28-30(19-23)27-25(21-12-6-3-7-13-21)29-31(24-16-10-5-11-17-24)26(27)22-14-8-4-9-15-22/h3-20H,1-2H3. The quantitative estimate of drug-likeness (QED) is 0.334. The van der Waals surface area contributed by atoms with Crippen LogP contribution >= 0.6 is 0 Å². The predicted molar refractivity (Wildman–Crippen MR) is 126 cm³/mol. The normalized spacial score (nSPS) is 11.2. The van der Waals surface area contributed by atoms with Gasteiger partial charge in [-0.2, -0.15) is 10.2 Å². The molecule has 4 nitrogen and oxygen atoms in total. The van der Waals surface area contributed by atoms with Gasteiger partial charge in [-0.25, -0.2) is 9.36 Å². The SMILES string of the molecule is CC(C)c1cnn(-c2c(-c3ccccc3)nn(-c3ccccc3)c2-c2ccccc2)c1. The highest BCUT2D eigenvalue weighted by atomic mass is 15.4. The highest BCUT2D eigenvalue weighted by Crippen LogP contribution is 2.37. The Morgan fingerprint density at radius 1 is 0.710 bits per heavy atom. The first-order valence-corrected chi connectivity index (χ1v) is 10.6. The fraction of sp³-hybridized carbons (Fsp3) is 0.111. The molecular weight excluding hydrogens is 380 g/mol. The zero-order valence-corrected chi connectivity index (χ0v) is 17.7. The third kappa shape index (κ3) is 3.57. The van der Waals surface area contributed by atoms with Crippen LogP contribution in [0.2, 0.25) is 0 Å². The van der Waals surface area contributed by atoms with Gasteiger partial charge in [0.1, 0.15) is 17.1 Å². The number of aromatic nitrogens is 4. The van der Waals surface area contributed by atoms with Gasteiger partial charge in [0.2, 0.25) is 0 Å². The van der Waals surface area contributed by atoms with Crippen molar-refractivity contribution in [2.45, 2.75) is 19.8 Å². The van der Waals surface area contributed by atoms with Gasteiger partial charge in [0.15, 0.2) is 0 Å². The minimum atomic E-state index is 0.401. The highest BCUT2D eigenvalue weighted by molar-refractivity contribution is 5.82. The van der Waals surface area contributed by atoms with Crippen LogP contribution in [0.5, 0.6) is 0 Å². The highest BCUT2D eigenvalue weighted by Gasteiger charge is 2.24. The Labute approximate surface area is 182 Å². The van der Waals surface area contributed by atoms with E-state index in [0.717, 1.165) is 33.9 Å². The van der Waals surface area contributed by atoms with Gasteiger partial charge in [0, 0.05) is 17.3 Å². The Morgan fingerprint density at radius 2 is 1.29 bits per heavy atom. The van der Waals surface area contributed by atoms with Crippen molar-refractivity contribution in [1.29, 1.82) is 0 Å². The second-order valence-electron chi connectivity index (χ2n) is 7.90. The van der Waals surface area contributed by atoms with E-state index in [9.17, 15) is 0 Å². The molecule has 0 fully saturated rings. The summed E-state index contributed by atoms with van der Waals surface area (Å²) in [6.07, 6.45) is 4.07. The topological polar surface area (TPSA) is 35.6 Å². The Bertz CT molecular complexity index is 1280. The van der Waals surface area contributed by atoms with Crippen molar-refractivity contribution in [3.05, 3.63) is 109 Å². The van der Waals surface area contributed by atoms with Gasteiger partial charge in [-0.1, -0.05) is 92.7 Å². The number of hydrogen-bond acceptors (Lipinski definition) is 2. The van der Waals surface area contributed by atoms with E-state index < -0.39 is 0 Å². The van der Waals surface area contributed by atoms with E-state index >= 15 is 0 Å². The molecule has 2 aromatic heterocycles. The third-order valence-electron chi connectivity index (χ3n) is 5.45. The summed E-state index contributed by atoms with van der Waals surface area (Å²) in [5.74, 6) is 0.401. The van der Waals surface area contributed by atoms with Crippen molar-refractivity contribution in [3.8, 4) is 33.9 Å². The van der Waals surface area contributed by atoms with Gasteiger partial charge in [-0.15, -0.1) is 0 Å². The number of rotatable bonds is 5. The van der Waals surface area contributed by atoms with Crippen molar-refractivity contribution in [3.63, 3.8) is 0 Å². The smallest absolute Gasteiger partial charge is 0.119 e. The first-order chi connectivity index (χ1) is 15.2. The van der Waals surface area contributed by atoms with Crippen LogP contribution in [0.25, 0.3) is 33.9 Å². The van der Waals surface area contributed by atoms with Gasteiger partial charge >= 0.3 is 0 Å². The molecule has 0 atom stereocenters. The van der Waals surface area contributed by atoms with Crippen LogP contribution in [0.3, 0.4) is 0 Å². The number of benzene rings is 3.